The average molecular weight is 513 g/mol. The summed E-state index contributed by atoms with van der Waals surface area (Å²) in [7, 11) is 0. The highest BCUT2D eigenvalue weighted by atomic mass is 32.2. The zero-order valence-corrected chi connectivity index (χ0v) is 21.6. The molecule has 0 bridgehead atoms. The van der Waals surface area contributed by atoms with Crippen molar-refractivity contribution in [2.24, 2.45) is 0 Å². The van der Waals surface area contributed by atoms with Crippen molar-refractivity contribution in [1.29, 1.82) is 0 Å². The second-order valence-electron chi connectivity index (χ2n) is 8.95. The fourth-order valence-electron chi connectivity index (χ4n) is 5.00. The summed E-state index contributed by atoms with van der Waals surface area (Å²) in [5.41, 5.74) is 10.8. The van der Waals surface area contributed by atoms with Gasteiger partial charge in [-0.15, -0.1) is 11.8 Å². The van der Waals surface area contributed by atoms with Gasteiger partial charge < -0.3 is 16.0 Å². The van der Waals surface area contributed by atoms with E-state index in [2.05, 4.69) is 16.9 Å². The quantitative estimate of drug-likeness (QED) is 0.357. The van der Waals surface area contributed by atoms with Crippen molar-refractivity contribution in [2.75, 3.05) is 23.9 Å². The second-order valence-corrected chi connectivity index (χ2v) is 10.0. The Kier molecular flexibility index (Phi) is 6.47. The fraction of sp³-hybridized carbons (Fsp3) is 0.214. The molecule has 2 aromatic carbocycles. The van der Waals surface area contributed by atoms with E-state index in [0.717, 1.165) is 29.8 Å². The summed E-state index contributed by atoms with van der Waals surface area (Å²) in [6, 6.07) is 14.9. The van der Waals surface area contributed by atoms with Crippen LogP contribution in [0.4, 0.5) is 11.5 Å². The molecule has 2 aromatic heterocycles. The molecule has 4 aromatic rings. The van der Waals surface area contributed by atoms with Gasteiger partial charge in [0.15, 0.2) is 5.82 Å². The number of benzene rings is 2. The predicted molar refractivity (Wildman–Crippen MR) is 148 cm³/mol. The van der Waals surface area contributed by atoms with Gasteiger partial charge >= 0.3 is 0 Å². The lowest BCUT2D eigenvalue weighted by atomic mass is 10.1. The highest BCUT2D eigenvalue weighted by Crippen LogP contribution is 2.48. The van der Waals surface area contributed by atoms with Crippen LogP contribution < -0.4 is 11.1 Å². The zero-order chi connectivity index (χ0) is 26.2. The maximum Gasteiger partial charge on any atom is 0.255 e. The molecule has 2 amide bonds. The standard InChI is InChI=1S/C28H28N6O2S/c1-4-22(35)34-15-8-13-28(34,37-3)27-32-23(24-25(29)30-14-16-33(24)27)20-11-12-21(18(2)17-20)31-26(36)19-9-6-5-7-10-19/h4-7,9-12,14,16-17H,1,8,13,15H2,2-3H3,(H2,29,30)(H,31,36). The number of hydrogen-bond donors (Lipinski definition) is 2. The van der Waals surface area contributed by atoms with Crippen molar-refractivity contribution in [2.45, 2.75) is 24.6 Å². The zero-order valence-electron chi connectivity index (χ0n) is 20.8. The van der Waals surface area contributed by atoms with E-state index in [9.17, 15) is 9.59 Å². The van der Waals surface area contributed by atoms with Crippen LogP contribution in [-0.2, 0) is 9.67 Å². The minimum absolute atomic E-state index is 0.124. The largest absolute Gasteiger partial charge is 0.382 e. The molecule has 5 rings (SSSR count). The third kappa shape index (κ3) is 4.15. The number of likely N-dealkylation sites (tertiary alicyclic amines) is 1. The number of nitrogen functional groups attached to an aromatic ring is 1. The number of nitrogens with one attached hydrogen (secondary N) is 1. The normalized spacial score (nSPS) is 17.2. The first-order valence-electron chi connectivity index (χ1n) is 12.0. The number of nitrogens with zero attached hydrogens (tertiary/aromatic N) is 4. The molecule has 1 saturated heterocycles. The topological polar surface area (TPSA) is 106 Å². The van der Waals surface area contributed by atoms with Gasteiger partial charge in [0.2, 0.25) is 5.91 Å². The van der Waals surface area contributed by atoms with Crippen molar-refractivity contribution in [3.63, 3.8) is 0 Å². The molecule has 0 spiro atoms. The number of carbonyl (C=O) groups excluding carboxylic acids is 2. The summed E-state index contributed by atoms with van der Waals surface area (Å²) in [6.45, 7) is 6.27. The van der Waals surface area contributed by atoms with E-state index in [-0.39, 0.29) is 11.8 Å². The highest BCUT2D eigenvalue weighted by molar-refractivity contribution is 7.99. The van der Waals surface area contributed by atoms with Gasteiger partial charge in [0.25, 0.3) is 5.91 Å². The SMILES string of the molecule is C=CC(=O)N1CCCC1(SC)c1nc(-c2ccc(NC(=O)c3ccccc3)c(C)c2)c2c(N)nccn12. The monoisotopic (exact) mass is 512 g/mol. The molecule has 37 heavy (non-hydrogen) atoms. The second kappa shape index (κ2) is 9.74. The molecule has 1 aliphatic heterocycles. The van der Waals surface area contributed by atoms with Crippen molar-refractivity contribution >= 4 is 40.6 Å². The van der Waals surface area contributed by atoms with Gasteiger partial charge in [0.1, 0.15) is 21.9 Å². The number of aryl methyl sites for hydroxylation is 1. The highest BCUT2D eigenvalue weighted by Gasteiger charge is 2.47. The van der Waals surface area contributed by atoms with Gasteiger partial charge in [-0.3, -0.25) is 14.0 Å². The summed E-state index contributed by atoms with van der Waals surface area (Å²) in [4.78, 5) is 36.1. The summed E-state index contributed by atoms with van der Waals surface area (Å²) in [5, 5.41) is 2.99. The number of rotatable bonds is 6. The van der Waals surface area contributed by atoms with Crippen LogP contribution in [0.1, 0.15) is 34.6 Å². The number of thioether (sulfide) groups is 1. The third-order valence-electron chi connectivity index (χ3n) is 6.83. The maximum absolute atomic E-state index is 12.8. The van der Waals surface area contributed by atoms with Crippen LogP contribution in [0.3, 0.4) is 0 Å². The Morgan fingerprint density at radius 1 is 1.22 bits per heavy atom. The number of hydrogen-bond acceptors (Lipinski definition) is 6. The number of aromatic nitrogens is 3. The van der Waals surface area contributed by atoms with Crippen LogP contribution in [0.2, 0.25) is 0 Å². The molecule has 188 valence electrons. The van der Waals surface area contributed by atoms with E-state index in [1.807, 2.05) is 65.1 Å². The fourth-order valence-corrected chi connectivity index (χ4v) is 6.08. The van der Waals surface area contributed by atoms with E-state index in [4.69, 9.17) is 10.7 Å². The Morgan fingerprint density at radius 3 is 2.70 bits per heavy atom. The Hall–Kier alpha value is -4.11. The molecule has 1 aliphatic rings. The van der Waals surface area contributed by atoms with Gasteiger partial charge in [-0.25, -0.2) is 9.97 Å². The first-order chi connectivity index (χ1) is 17.9. The van der Waals surface area contributed by atoms with E-state index in [0.29, 0.717) is 34.8 Å². The van der Waals surface area contributed by atoms with Gasteiger partial charge in [0.05, 0.1) is 0 Å². The first-order valence-corrected chi connectivity index (χ1v) is 13.2. The molecular formula is C28H28N6O2S. The van der Waals surface area contributed by atoms with Crippen LogP contribution in [0.25, 0.3) is 16.8 Å². The van der Waals surface area contributed by atoms with Gasteiger partial charge in [0, 0.05) is 35.8 Å². The van der Waals surface area contributed by atoms with Crippen LogP contribution in [0, 0.1) is 6.92 Å². The number of nitrogens with two attached hydrogens (primary N) is 1. The molecule has 1 atom stereocenters. The van der Waals surface area contributed by atoms with E-state index in [1.54, 1.807) is 30.1 Å². The lowest BCUT2D eigenvalue weighted by Crippen LogP contribution is -2.43. The molecule has 0 aliphatic carbocycles. The molecular weight excluding hydrogens is 484 g/mol. The molecule has 8 nitrogen and oxygen atoms in total. The van der Waals surface area contributed by atoms with Crippen LogP contribution in [-0.4, -0.2) is 43.9 Å². The summed E-state index contributed by atoms with van der Waals surface area (Å²) >= 11 is 1.59. The molecule has 9 heteroatoms. The van der Waals surface area contributed by atoms with Crippen LogP contribution in [0.5, 0.6) is 0 Å². The average Bonchev–Trinajstić information content (AvgIpc) is 3.53. The minimum Gasteiger partial charge on any atom is -0.382 e. The number of fused-ring (bicyclic) bond motifs is 1. The van der Waals surface area contributed by atoms with Crippen molar-refractivity contribution in [1.82, 2.24) is 19.3 Å². The Labute approximate surface area is 219 Å². The Morgan fingerprint density at radius 2 is 2.00 bits per heavy atom. The summed E-state index contributed by atoms with van der Waals surface area (Å²) in [5.74, 6) is 0.786. The van der Waals surface area contributed by atoms with Crippen molar-refractivity contribution in [3.8, 4) is 11.3 Å². The molecule has 0 radical (unpaired) electrons. The lowest BCUT2D eigenvalue weighted by molar-refractivity contribution is -0.127. The van der Waals surface area contributed by atoms with Gasteiger partial charge in [-0.2, -0.15) is 0 Å². The molecule has 3 N–H and O–H groups in total. The van der Waals surface area contributed by atoms with Crippen molar-refractivity contribution < 1.29 is 9.59 Å². The van der Waals surface area contributed by atoms with E-state index < -0.39 is 4.87 Å². The van der Waals surface area contributed by atoms with E-state index >= 15 is 0 Å². The van der Waals surface area contributed by atoms with E-state index in [1.165, 1.54) is 6.08 Å². The smallest absolute Gasteiger partial charge is 0.255 e. The van der Waals surface area contributed by atoms with Gasteiger partial charge in [-0.05, 0) is 61.9 Å². The summed E-state index contributed by atoms with van der Waals surface area (Å²) < 4.78 is 1.95. The summed E-state index contributed by atoms with van der Waals surface area (Å²) in [6.07, 6.45) is 8.46. The Bertz CT molecular complexity index is 1520. The maximum atomic E-state index is 12.8. The lowest BCUT2D eigenvalue weighted by Gasteiger charge is -2.35. The van der Waals surface area contributed by atoms with Crippen LogP contribution in [0.15, 0.2) is 73.6 Å². The van der Waals surface area contributed by atoms with Crippen molar-refractivity contribution in [3.05, 3.63) is 90.5 Å². The van der Waals surface area contributed by atoms with Crippen LogP contribution >= 0.6 is 11.8 Å². The van der Waals surface area contributed by atoms with Gasteiger partial charge in [-0.1, -0.05) is 30.8 Å². The molecule has 3 heterocycles. The molecule has 1 unspecified atom stereocenters. The Balaban J connectivity index is 1.59. The number of carbonyl (C=O) groups is 2. The number of amides is 2. The minimum atomic E-state index is -0.654. The predicted octanol–water partition coefficient (Wildman–Crippen LogP) is 4.86. The third-order valence-corrected chi connectivity index (χ3v) is 8.11. The number of anilines is 2. The molecule has 0 saturated carbocycles. The number of imidazole rings is 1. The first kappa shape index (κ1) is 24.6. The molecule has 1 fully saturated rings.